The molecule has 0 saturated heterocycles. The second-order valence-electron chi connectivity index (χ2n) is 3.71. The van der Waals surface area contributed by atoms with Gasteiger partial charge in [-0.25, -0.2) is 0 Å². The third-order valence-corrected chi connectivity index (χ3v) is 2.34. The van der Waals surface area contributed by atoms with Gasteiger partial charge in [0.25, 0.3) is 0 Å². The zero-order chi connectivity index (χ0) is 11.6. The van der Waals surface area contributed by atoms with Crippen LogP contribution in [0.5, 0.6) is 5.75 Å². The summed E-state index contributed by atoms with van der Waals surface area (Å²) in [5.41, 5.74) is 1.22. The minimum absolute atomic E-state index is 0.904. The van der Waals surface area contributed by atoms with Gasteiger partial charge in [0.15, 0.2) is 0 Å². The summed E-state index contributed by atoms with van der Waals surface area (Å²) in [5.74, 6) is 0.904. The lowest BCUT2D eigenvalue weighted by Crippen LogP contribution is -2.14. The smallest absolute Gasteiger partial charge is 0.118 e. The van der Waals surface area contributed by atoms with Crippen LogP contribution in [-0.2, 0) is 0 Å². The van der Waals surface area contributed by atoms with E-state index in [4.69, 9.17) is 4.74 Å². The first kappa shape index (κ1) is 12.8. The van der Waals surface area contributed by atoms with Gasteiger partial charge < -0.3 is 10.1 Å². The molecule has 0 aliphatic carbocycles. The average Bonchev–Trinajstić information content (AvgIpc) is 2.34. The Labute approximate surface area is 98.3 Å². The quantitative estimate of drug-likeness (QED) is 0.711. The van der Waals surface area contributed by atoms with Crippen LogP contribution in [0, 0.1) is 0 Å². The molecule has 0 aliphatic rings. The highest BCUT2D eigenvalue weighted by atomic mass is 16.5. The summed E-state index contributed by atoms with van der Waals surface area (Å²) in [5, 5.41) is 3.37. The predicted molar refractivity (Wildman–Crippen MR) is 69.8 cm³/mol. The molecule has 1 N–H and O–H groups in total. The molecule has 16 heavy (non-hydrogen) atoms. The van der Waals surface area contributed by atoms with Gasteiger partial charge in [0.05, 0.1) is 7.11 Å². The molecule has 0 unspecified atom stereocenters. The van der Waals surface area contributed by atoms with Gasteiger partial charge in [0.1, 0.15) is 5.75 Å². The molecule has 1 rings (SSSR count). The molecule has 0 bridgehead atoms. The van der Waals surface area contributed by atoms with E-state index in [-0.39, 0.29) is 0 Å². The highest BCUT2D eigenvalue weighted by Gasteiger charge is 1.89. The van der Waals surface area contributed by atoms with Crippen molar-refractivity contribution in [1.82, 2.24) is 5.32 Å². The van der Waals surface area contributed by atoms with Crippen LogP contribution in [0.4, 0.5) is 0 Å². The van der Waals surface area contributed by atoms with Gasteiger partial charge in [-0.05, 0) is 43.6 Å². The molecule has 1 aromatic rings. The maximum atomic E-state index is 5.11. The van der Waals surface area contributed by atoms with Gasteiger partial charge in [-0.15, -0.1) is 0 Å². The van der Waals surface area contributed by atoms with E-state index in [1.165, 1.54) is 12.0 Å². The van der Waals surface area contributed by atoms with Crippen LogP contribution >= 0.6 is 0 Å². The first-order chi connectivity index (χ1) is 7.86. The summed E-state index contributed by atoms with van der Waals surface area (Å²) >= 11 is 0. The van der Waals surface area contributed by atoms with E-state index in [0.29, 0.717) is 0 Å². The van der Waals surface area contributed by atoms with Gasteiger partial charge >= 0.3 is 0 Å². The average molecular weight is 219 g/mol. The molecule has 1 aromatic carbocycles. The molecule has 2 heteroatoms. The molecule has 0 amide bonds. The third-order valence-electron chi connectivity index (χ3n) is 2.34. The summed E-state index contributed by atoms with van der Waals surface area (Å²) in [7, 11) is 1.68. The first-order valence-corrected chi connectivity index (χ1v) is 5.88. The first-order valence-electron chi connectivity index (χ1n) is 5.88. The SMILES string of the molecule is CCCNCCC=Cc1ccc(OC)cc1. The largest absolute Gasteiger partial charge is 0.497 e. The fraction of sp³-hybridized carbons (Fsp3) is 0.429. The van der Waals surface area contributed by atoms with Crippen molar-refractivity contribution in [3.63, 3.8) is 0 Å². The van der Waals surface area contributed by atoms with Crippen molar-refractivity contribution < 1.29 is 4.74 Å². The second-order valence-corrected chi connectivity index (χ2v) is 3.71. The molecule has 0 heterocycles. The van der Waals surface area contributed by atoms with Crippen molar-refractivity contribution in [3.05, 3.63) is 35.9 Å². The van der Waals surface area contributed by atoms with Crippen LogP contribution in [0.25, 0.3) is 6.08 Å². The normalized spacial score (nSPS) is 10.9. The zero-order valence-electron chi connectivity index (χ0n) is 10.2. The maximum Gasteiger partial charge on any atom is 0.118 e. The Bertz CT molecular complexity index is 303. The van der Waals surface area contributed by atoms with Crippen LogP contribution in [-0.4, -0.2) is 20.2 Å². The minimum atomic E-state index is 0.904. The van der Waals surface area contributed by atoms with Gasteiger partial charge in [0.2, 0.25) is 0 Å². The maximum absolute atomic E-state index is 5.11. The van der Waals surface area contributed by atoms with Crippen molar-refractivity contribution in [2.75, 3.05) is 20.2 Å². The lowest BCUT2D eigenvalue weighted by atomic mass is 10.2. The number of rotatable bonds is 7. The predicted octanol–water partition coefficient (Wildman–Crippen LogP) is 3.10. The van der Waals surface area contributed by atoms with Gasteiger partial charge in [0, 0.05) is 0 Å². The summed E-state index contributed by atoms with van der Waals surface area (Å²) in [4.78, 5) is 0. The monoisotopic (exact) mass is 219 g/mol. The van der Waals surface area contributed by atoms with Gasteiger partial charge in [-0.2, -0.15) is 0 Å². The van der Waals surface area contributed by atoms with Crippen molar-refractivity contribution >= 4 is 6.08 Å². The van der Waals surface area contributed by atoms with E-state index in [1.807, 2.05) is 12.1 Å². The molecule has 0 atom stereocenters. The molecule has 0 spiro atoms. The fourth-order valence-electron chi connectivity index (χ4n) is 1.42. The fourth-order valence-corrected chi connectivity index (χ4v) is 1.42. The standard InChI is InChI=1S/C14H21NO/c1-3-11-15-12-5-4-6-13-7-9-14(16-2)10-8-13/h4,6-10,15H,3,5,11-12H2,1-2H3. The minimum Gasteiger partial charge on any atom is -0.497 e. The molecule has 0 fully saturated rings. The number of hydrogen-bond donors (Lipinski definition) is 1. The van der Waals surface area contributed by atoms with Gasteiger partial charge in [-0.3, -0.25) is 0 Å². The molecular formula is C14H21NO. The van der Waals surface area contributed by atoms with Crippen LogP contribution in [0.3, 0.4) is 0 Å². The Morgan fingerprint density at radius 1 is 1.19 bits per heavy atom. The molecular weight excluding hydrogens is 198 g/mol. The summed E-state index contributed by atoms with van der Waals surface area (Å²) in [6.07, 6.45) is 6.62. The topological polar surface area (TPSA) is 21.3 Å². The summed E-state index contributed by atoms with van der Waals surface area (Å²) in [6.45, 7) is 4.34. The van der Waals surface area contributed by atoms with E-state index in [0.717, 1.165) is 25.3 Å². The highest BCUT2D eigenvalue weighted by molar-refractivity contribution is 5.50. The molecule has 0 saturated carbocycles. The van der Waals surface area contributed by atoms with E-state index in [2.05, 4.69) is 36.5 Å². The number of nitrogens with one attached hydrogen (secondary N) is 1. The second kappa shape index (κ2) is 7.94. The number of ether oxygens (including phenoxy) is 1. The number of benzene rings is 1. The Morgan fingerprint density at radius 2 is 1.94 bits per heavy atom. The number of hydrogen-bond acceptors (Lipinski definition) is 2. The Balaban J connectivity index is 2.27. The lowest BCUT2D eigenvalue weighted by molar-refractivity contribution is 0.415. The van der Waals surface area contributed by atoms with Crippen LogP contribution in [0.2, 0.25) is 0 Å². The van der Waals surface area contributed by atoms with Crippen LogP contribution in [0.1, 0.15) is 25.3 Å². The Hall–Kier alpha value is -1.28. The summed E-state index contributed by atoms with van der Waals surface area (Å²) in [6, 6.07) is 8.09. The van der Waals surface area contributed by atoms with E-state index in [9.17, 15) is 0 Å². The Morgan fingerprint density at radius 3 is 2.56 bits per heavy atom. The van der Waals surface area contributed by atoms with Crippen LogP contribution in [0.15, 0.2) is 30.3 Å². The lowest BCUT2D eigenvalue weighted by Gasteiger charge is -2.00. The van der Waals surface area contributed by atoms with Crippen molar-refractivity contribution in [2.45, 2.75) is 19.8 Å². The van der Waals surface area contributed by atoms with Gasteiger partial charge in [-0.1, -0.05) is 31.2 Å². The third kappa shape index (κ3) is 4.99. The van der Waals surface area contributed by atoms with E-state index >= 15 is 0 Å². The zero-order valence-corrected chi connectivity index (χ0v) is 10.2. The van der Waals surface area contributed by atoms with E-state index in [1.54, 1.807) is 7.11 Å². The van der Waals surface area contributed by atoms with Crippen LogP contribution < -0.4 is 10.1 Å². The Kier molecular flexibility index (Phi) is 6.35. The molecule has 0 radical (unpaired) electrons. The van der Waals surface area contributed by atoms with Crippen molar-refractivity contribution in [3.8, 4) is 5.75 Å². The highest BCUT2D eigenvalue weighted by Crippen LogP contribution is 2.12. The van der Waals surface area contributed by atoms with Crippen molar-refractivity contribution in [1.29, 1.82) is 0 Å². The molecule has 2 nitrogen and oxygen atoms in total. The van der Waals surface area contributed by atoms with Crippen molar-refractivity contribution in [2.24, 2.45) is 0 Å². The summed E-state index contributed by atoms with van der Waals surface area (Å²) < 4.78 is 5.11. The molecule has 0 aliphatic heterocycles. The molecule has 88 valence electrons. The number of methoxy groups -OCH3 is 1. The molecule has 0 aromatic heterocycles. The van der Waals surface area contributed by atoms with E-state index < -0.39 is 0 Å².